The Bertz CT molecular complexity index is 463. The number of halogens is 1. The second kappa shape index (κ2) is 5.31. The van der Waals surface area contributed by atoms with Gasteiger partial charge >= 0.3 is 0 Å². The van der Waals surface area contributed by atoms with Gasteiger partial charge < -0.3 is 11.1 Å². The molecule has 0 amide bonds. The van der Waals surface area contributed by atoms with Crippen molar-refractivity contribution in [3.05, 3.63) is 11.2 Å². The van der Waals surface area contributed by atoms with E-state index in [9.17, 15) is 8.42 Å². The highest BCUT2D eigenvalue weighted by molar-refractivity contribution is 7.90. The zero-order valence-electron chi connectivity index (χ0n) is 8.77. The van der Waals surface area contributed by atoms with E-state index in [1.165, 1.54) is 12.5 Å². The summed E-state index contributed by atoms with van der Waals surface area (Å²) in [5, 5.41) is 3.25. The molecule has 8 heteroatoms. The third kappa shape index (κ3) is 4.63. The van der Waals surface area contributed by atoms with E-state index in [-0.39, 0.29) is 11.7 Å². The SMILES string of the molecule is CS(=O)(=O)CCCNc1nc(N)ncc1Cl. The number of aromatic nitrogens is 2. The average Bonchev–Trinajstić information content (AvgIpc) is 2.16. The number of hydrogen-bond acceptors (Lipinski definition) is 6. The van der Waals surface area contributed by atoms with Gasteiger partial charge in [-0.1, -0.05) is 11.6 Å². The lowest BCUT2D eigenvalue weighted by molar-refractivity contribution is 0.600. The van der Waals surface area contributed by atoms with Gasteiger partial charge in [0.25, 0.3) is 0 Å². The summed E-state index contributed by atoms with van der Waals surface area (Å²) < 4.78 is 21.7. The monoisotopic (exact) mass is 264 g/mol. The van der Waals surface area contributed by atoms with Crippen molar-refractivity contribution in [2.75, 3.05) is 29.6 Å². The van der Waals surface area contributed by atoms with Crippen LogP contribution in [0, 0.1) is 0 Å². The fraction of sp³-hybridized carbons (Fsp3) is 0.500. The lowest BCUT2D eigenvalue weighted by Gasteiger charge is -2.06. The van der Waals surface area contributed by atoms with Crippen molar-refractivity contribution in [1.29, 1.82) is 0 Å². The summed E-state index contributed by atoms with van der Waals surface area (Å²) in [6.45, 7) is 0.462. The summed E-state index contributed by atoms with van der Waals surface area (Å²) in [4.78, 5) is 7.59. The Labute approximate surface area is 99.1 Å². The molecule has 0 unspecified atom stereocenters. The highest BCUT2D eigenvalue weighted by Crippen LogP contribution is 2.17. The van der Waals surface area contributed by atoms with Gasteiger partial charge in [-0.05, 0) is 6.42 Å². The zero-order valence-corrected chi connectivity index (χ0v) is 10.3. The molecule has 6 nitrogen and oxygen atoms in total. The summed E-state index contributed by atoms with van der Waals surface area (Å²) in [5.41, 5.74) is 5.38. The Morgan fingerprint density at radius 1 is 1.56 bits per heavy atom. The van der Waals surface area contributed by atoms with Crippen LogP contribution in [-0.4, -0.2) is 36.9 Å². The van der Waals surface area contributed by atoms with Crippen LogP contribution in [0.2, 0.25) is 5.02 Å². The number of nitrogens with one attached hydrogen (secondary N) is 1. The predicted octanol–water partition coefficient (Wildman–Crippen LogP) is 0.559. The minimum atomic E-state index is -2.93. The van der Waals surface area contributed by atoms with E-state index >= 15 is 0 Å². The van der Waals surface area contributed by atoms with E-state index in [1.54, 1.807) is 0 Å². The van der Waals surface area contributed by atoms with Crippen molar-refractivity contribution in [2.45, 2.75) is 6.42 Å². The molecule has 0 saturated carbocycles. The smallest absolute Gasteiger partial charge is 0.222 e. The Hall–Kier alpha value is -1.08. The molecule has 1 rings (SSSR count). The molecule has 0 fully saturated rings. The lowest BCUT2D eigenvalue weighted by atomic mass is 10.4. The summed E-state index contributed by atoms with van der Waals surface area (Å²) in [6.07, 6.45) is 3.07. The molecular formula is C8H13ClN4O2S. The number of rotatable bonds is 5. The number of anilines is 2. The van der Waals surface area contributed by atoms with E-state index in [4.69, 9.17) is 17.3 Å². The van der Waals surface area contributed by atoms with E-state index < -0.39 is 9.84 Å². The van der Waals surface area contributed by atoms with E-state index in [0.717, 1.165) is 0 Å². The Morgan fingerprint density at radius 2 is 2.25 bits per heavy atom. The average molecular weight is 265 g/mol. The molecule has 0 atom stereocenters. The molecule has 3 N–H and O–H groups in total. The van der Waals surface area contributed by atoms with Crippen LogP contribution >= 0.6 is 11.6 Å². The molecule has 0 aromatic carbocycles. The van der Waals surface area contributed by atoms with Gasteiger partial charge in [-0.2, -0.15) is 4.98 Å². The van der Waals surface area contributed by atoms with Gasteiger partial charge in [-0.25, -0.2) is 13.4 Å². The molecule has 0 bridgehead atoms. The molecule has 0 aliphatic rings. The van der Waals surface area contributed by atoms with Crippen molar-refractivity contribution in [1.82, 2.24) is 9.97 Å². The maximum atomic E-state index is 10.9. The number of sulfone groups is 1. The molecule has 0 spiro atoms. The Kier molecular flexibility index (Phi) is 4.31. The summed E-state index contributed by atoms with van der Waals surface area (Å²) >= 11 is 5.80. The van der Waals surface area contributed by atoms with Crippen LogP contribution in [0.15, 0.2) is 6.20 Å². The van der Waals surface area contributed by atoms with E-state index in [2.05, 4.69) is 15.3 Å². The molecule has 16 heavy (non-hydrogen) atoms. The van der Waals surface area contributed by atoms with Crippen molar-refractivity contribution >= 4 is 33.2 Å². The first kappa shape index (κ1) is 13.0. The quantitative estimate of drug-likeness (QED) is 0.754. The van der Waals surface area contributed by atoms with E-state index in [1.807, 2.05) is 0 Å². The van der Waals surface area contributed by atoms with E-state index in [0.29, 0.717) is 23.8 Å². The molecule has 90 valence electrons. The van der Waals surface area contributed by atoms with Crippen LogP contribution in [0.1, 0.15) is 6.42 Å². The van der Waals surface area contributed by atoms with Crippen LogP contribution in [0.3, 0.4) is 0 Å². The second-order valence-corrected chi connectivity index (χ2v) is 6.00. The maximum Gasteiger partial charge on any atom is 0.222 e. The fourth-order valence-corrected chi connectivity index (χ4v) is 1.87. The third-order valence-electron chi connectivity index (χ3n) is 1.75. The number of hydrogen-bond donors (Lipinski definition) is 2. The molecule has 0 aliphatic carbocycles. The van der Waals surface area contributed by atoms with Crippen molar-refractivity contribution in [3.63, 3.8) is 0 Å². The molecule has 0 radical (unpaired) electrons. The van der Waals surface area contributed by atoms with Gasteiger partial charge in [-0.15, -0.1) is 0 Å². The topological polar surface area (TPSA) is 98.0 Å². The van der Waals surface area contributed by atoms with Gasteiger partial charge in [0.15, 0.2) is 0 Å². The van der Waals surface area contributed by atoms with Crippen LogP contribution in [-0.2, 0) is 9.84 Å². The molecule has 0 aliphatic heterocycles. The molecule has 1 heterocycles. The predicted molar refractivity (Wildman–Crippen MR) is 64.3 cm³/mol. The Balaban J connectivity index is 2.46. The van der Waals surface area contributed by atoms with Crippen LogP contribution in [0.5, 0.6) is 0 Å². The van der Waals surface area contributed by atoms with Crippen LogP contribution in [0.4, 0.5) is 11.8 Å². The number of nitrogens with two attached hydrogens (primary N) is 1. The van der Waals surface area contributed by atoms with Gasteiger partial charge in [0.1, 0.15) is 20.7 Å². The standard InChI is InChI=1S/C8H13ClN4O2S/c1-16(14,15)4-2-3-11-7-6(9)5-12-8(10)13-7/h5H,2-4H2,1H3,(H3,10,11,12,13). The number of nitrogen functional groups attached to an aromatic ring is 1. The van der Waals surface area contributed by atoms with Crippen LogP contribution in [0.25, 0.3) is 0 Å². The fourth-order valence-electron chi connectivity index (χ4n) is 1.05. The van der Waals surface area contributed by atoms with Crippen molar-refractivity contribution < 1.29 is 8.42 Å². The summed E-state index contributed by atoms with van der Waals surface area (Å²) in [5.74, 6) is 0.663. The first-order valence-corrected chi connectivity index (χ1v) is 7.02. The highest BCUT2D eigenvalue weighted by Gasteiger charge is 2.04. The second-order valence-electron chi connectivity index (χ2n) is 3.33. The Morgan fingerprint density at radius 3 is 2.88 bits per heavy atom. The van der Waals surface area contributed by atoms with Crippen molar-refractivity contribution in [3.8, 4) is 0 Å². The van der Waals surface area contributed by atoms with Crippen LogP contribution < -0.4 is 11.1 Å². The third-order valence-corrected chi connectivity index (χ3v) is 3.05. The highest BCUT2D eigenvalue weighted by atomic mass is 35.5. The normalized spacial score (nSPS) is 11.4. The molecular weight excluding hydrogens is 252 g/mol. The summed E-state index contributed by atoms with van der Waals surface area (Å²) in [7, 11) is -2.93. The largest absolute Gasteiger partial charge is 0.369 e. The molecule has 1 aromatic heterocycles. The maximum absolute atomic E-state index is 10.9. The van der Waals surface area contributed by atoms with Gasteiger partial charge in [0.05, 0.1) is 11.9 Å². The first-order chi connectivity index (χ1) is 7.38. The van der Waals surface area contributed by atoms with Crippen molar-refractivity contribution in [2.24, 2.45) is 0 Å². The van der Waals surface area contributed by atoms with Gasteiger partial charge in [-0.3, -0.25) is 0 Å². The van der Waals surface area contributed by atoms with Gasteiger partial charge in [0, 0.05) is 12.8 Å². The lowest BCUT2D eigenvalue weighted by Crippen LogP contribution is -2.11. The van der Waals surface area contributed by atoms with Gasteiger partial charge in [0.2, 0.25) is 5.95 Å². The summed E-state index contributed by atoms with van der Waals surface area (Å²) in [6, 6.07) is 0. The zero-order chi connectivity index (χ0) is 12.2. The number of nitrogens with zero attached hydrogens (tertiary/aromatic N) is 2. The molecule has 1 aromatic rings. The molecule has 0 saturated heterocycles. The minimum absolute atomic E-state index is 0.120. The minimum Gasteiger partial charge on any atom is -0.369 e. The first-order valence-electron chi connectivity index (χ1n) is 4.58.